The molecule has 1 amide bonds. The number of Topliss-reactive ketones (excluding diaryl/α,β-unsaturated/α-hetero) is 1. The van der Waals surface area contributed by atoms with Crippen LogP contribution in [0.15, 0.2) is 66.7 Å². The number of carbonyl (C=O) groups excluding carboxylic acids is 2. The third-order valence-corrected chi connectivity index (χ3v) is 4.80. The SMILES string of the molecule is CC(=O)c1ccc(NC(=O)c2ccc(NCc3ccccc3Cl)c([N+](=O)[O-])c2)cc1. The van der Waals surface area contributed by atoms with E-state index in [0.717, 1.165) is 5.56 Å². The second kappa shape index (κ2) is 9.19. The molecule has 3 rings (SSSR count). The van der Waals surface area contributed by atoms with Gasteiger partial charge in [-0.25, -0.2) is 0 Å². The van der Waals surface area contributed by atoms with Gasteiger partial charge in [0.25, 0.3) is 11.6 Å². The minimum absolute atomic E-state index is 0.0802. The third-order valence-electron chi connectivity index (χ3n) is 4.43. The molecule has 0 spiro atoms. The summed E-state index contributed by atoms with van der Waals surface area (Å²) in [6.45, 7) is 1.75. The number of anilines is 2. The highest BCUT2D eigenvalue weighted by Gasteiger charge is 2.18. The van der Waals surface area contributed by atoms with Crippen LogP contribution in [-0.2, 0) is 6.54 Å². The van der Waals surface area contributed by atoms with Gasteiger partial charge < -0.3 is 10.6 Å². The number of nitro groups is 1. The molecule has 0 aromatic heterocycles. The number of nitro benzene ring substituents is 1. The van der Waals surface area contributed by atoms with E-state index in [1.165, 1.54) is 25.1 Å². The number of nitrogens with zero attached hydrogens (tertiary/aromatic N) is 1. The fourth-order valence-corrected chi connectivity index (χ4v) is 3.00. The zero-order valence-electron chi connectivity index (χ0n) is 16.0. The first-order valence-corrected chi connectivity index (χ1v) is 9.41. The van der Waals surface area contributed by atoms with Crippen molar-refractivity contribution in [1.82, 2.24) is 0 Å². The molecule has 3 aromatic rings. The molecule has 0 saturated heterocycles. The largest absolute Gasteiger partial charge is 0.375 e. The van der Waals surface area contributed by atoms with Crippen LogP contribution in [0.1, 0.15) is 33.2 Å². The average molecular weight is 424 g/mol. The van der Waals surface area contributed by atoms with E-state index in [4.69, 9.17) is 11.6 Å². The van der Waals surface area contributed by atoms with Gasteiger partial charge in [-0.1, -0.05) is 29.8 Å². The molecule has 2 N–H and O–H groups in total. The van der Waals surface area contributed by atoms with E-state index in [0.29, 0.717) is 22.8 Å². The van der Waals surface area contributed by atoms with E-state index in [1.54, 1.807) is 36.4 Å². The van der Waals surface area contributed by atoms with Crippen LogP contribution < -0.4 is 10.6 Å². The first kappa shape index (κ1) is 21.0. The average Bonchev–Trinajstić information content (AvgIpc) is 2.73. The summed E-state index contributed by atoms with van der Waals surface area (Å²) in [5, 5.41) is 17.7. The quantitative estimate of drug-likeness (QED) is 0.304. The van der Waals surface area contributed by atoms with Gasteiger partial charge in [0, 0.05) is 34.4 Å². The molecule has 0 unspecified atom stereocenters. The van der Waals surface area contributed by atoms with Crippen LogP contribution in [0.4, 0.5) is 17.1 Å². The Kier molecular flexibility index (Phi) is 6.44. The zero-order chi connectivity index (χ0) is 21.7. The summed E-state index contributed by atoms with van der Waals surface area (Å²) in [6.07, 6.45) is 0. The molecule has 0 aliphatic rings. The minimum Gasteiger partial charge on any atom is -0.375 e. The van der Waals surface area contributed by atoms with Gasteiger partial charge in [0.05, 0.1) is 4.92 Å². The van der Waals surface area contributed by atoms with E-state index in [-0.39, 0.29) is 22.7 Å². The lowest BCUT2D eigenvalue weighted by atomic mass is 10.1. The number of nitrogens with one attached hydrogen (secondary N) is 2. The van der Waals surface area contributed by atoms with E-state index in [1.807, 2.05) is 12.1 Å². The summed E-state index contributed by atoms with van der Waals surface area (Å²) >= 11 is 6.12. The summed E-state index contributed by atoms with van der Waals surface area (Å²) < 4.78 is 0. The number of amides is 1. The van der Waals surface area contributed by atoms with Gasteiger partial charge in [0.15, 0.2) is 5.78 Å². The highest BCUT2D eigenvalue weighted by molar-refractivity contribution is 6.31. The van der Waals surface area contributed by atoms with Gasteiger partial charge in [-0.2, -0.15) is 0 Å². The van der Waals surface area contributed by atoms with Crippen molar-refractivity contribution in [3.63, 3.8) is 0 Å². The number of benzene rings is 3. The fourth-order valence-electron chi connectivity index (χ4n) is 2.80. The number of hydrogen-bond donors (Lipinski definition) is 2. The van der Waals surface area contributed by atoms with E-state index >= 15 is 0 Å². The van der Waals surface area contributed by atoms with Gasteiger partial charge in [-0.3, -0.25) is 19.7 Å². The van der Waals surface area contributed by atoms with Crippen molar-refractivity contribution in [2.75, 3.05) is 10.6 Å². The van der Waals surface area contributed by atoms with Crippen LogP contribution in [0.5, 0.6) is 0 Å². The number of hydrogen-bond acceptors (Lipinski definition) is 5. The Labute approximate surface area is 177 Å². The van der Waals surface area contributed by atoms with E-state index in [9.17, 15) is 19.7 Å². The van der Waals surface area contributed by atoms with Crippen LogP contribution in [0.2, 0.25) is 5.02 Å². The molecule has 7 nitrogen and oxygen atoms in total. The molecule has 0 saturated carbocycles. The van der Waals surface area contributed by atoms with Gasteiger partial charge in [-0.15, -0.1) is 0 Å². The standard InChI is InChI=1S/C22H18ClN3O4/c1-14(27)15-6-9-18(10-7-15)25-22(28)16-8-11-20(21(12-16)26(29)30)24-13-17-4-2-3-5-19(17)23/h2-12,24H,13H2,1H3,(H,25,28). The van der Waals surface area contributed by atoms with Gasteiger partial charge in [0.1, 0.15) is 5.69 Å². The van der Waals surface area contributed by atoms with Crippen LogP contribution in [0.25, 0.3) is 0 Å². The van der Waals surface area contributed by atoms with Gasteiger partial charge in [-0.05, 0) is 55.0 Å². The van der Waals surface area contributed by atoms with Crippen LogP contribution in [0.3, 0.4) is 0 Å². The minimum atomic E-state index is -0.548. The lowest BCUT2D eigenvalue weighted by Crippen LogP contribution is -2.13. The molecule has 0 aliphatic carbocycles. The molecule has 3 aromatic carbocycles. The maximum absolute atomic E-state index is 12.5. The van der Waals surface area contributed by atoms with Crippen molar-refractivity contribution in [3.05, 3.63) is 98.6 Å². The first-order chi connectivity index (χ1) is 14.3. The summed E-state index contributed by atoms with van der Waals surface area (Å²) in [5.41, 5.74) is 2.00. The Hall–Kier alpha value is -3.71. The summed E-state index contributed by atoms with van der Waals surface area (Å²) in [7, 11) is 0. The lowest BCUT2D eigenvalue weighted by Gasteiger charge is -2.10. The van der Waals surface area contributed by atoms with Crippen molar-refractivity contribution >= 4 is 40.4 Å². The molecule has 152 valence electrons. The maximum Gasteiger partial charge on any atom is 0.293 e. The Morgan fingerprint density at radius 2 is 1.67 bits per heavy atom. The lowest BCUT2D eigenvalue weighted by molar-refractivity contribution is -0.384. The molecule has 8 heteroatoms. The molecule has 0 atom stereocenters. The van der Waals surface area contributed by atoms with Crippen LogP contribution >= 0.6 is 11.6 Å². The first-order valence-electron chi connectivity index (χ1n) is 9.03. The fraction of sp³-hybridized carbons (Fsp3) is 0.0909. The molecular weight excluding hydrogens is 406 g/mol. The van der Waals surface area contributed by atoms with E-state index in [2.05, 4.69) is 10.6 Å². The van der Waals surface area contributed by atoms with Gasteiger partial charge >= 0.3 is 0 Å². The molecule has 30 heavy (non-hydrogen) atoms. The highest BCUT2D eigenvalue weighted by Crippen LogP contribution is 2.27. The van der Waals surface area contributed by atoms with Crippen LogP contribution in [-0.4, -0.2) is 16.6 Å². The zero-order valence-corrected chi connectivity index (χ0v) is 16.8. The smallest absolute Gasteiger partial charge is 0.293 e. The molecule has 0 aliphatic heterocycles. The van der Waals surface area contributed by atoms with Crippen molar-refractivity contribution in [2.45, 2.75) is 13.5 Å². The topological polar surface area (TPSA) is 101 Å². The Morgan fingerprint density at radius 3 is 2.30 bits per heavy atom. The van der Waals surface area contributed by atoms with Crippen LogP contribution in [0, 0.1) is 10.1 Å². The third kappa shape index (κ3) is 5.01. The summed E-state index contributed by atoms with van der Waals surface area (Å²) in [6, 6.07) is 17.8. The molecular formula is C22H18ClN3O4. The monoisotopic (exact) mass is 423 g/mol. The molecule has 0 bridgehead atoms. The van der Waals surface area contributed by atoms with Gasteiger partial charge in [0.2, 0.25) is 0 Å². The second-order valence-corrected chi connectivity index (χ2v) is 6.93. The van der Waals surface area contributed by atoms with Crippen molar-refractivity contribution < 1.29 is 14.5 Å². The number of halogens is 1. The Balaban J connectivity index is 1.76. The molecule has 0 heterocycles. The Bertz CT molecular complexity index is 1110. The Morgan fingerprint density at radius 1 is 1.00 bits per heavy atom. The molecule has 0 radical (unpaired) electrons. The number of carbonyl (C=O) groups is 2. The van der Waals surface area contributed by atoms with Crippen molar-refractivity contribution in [2.24, 2.45) is 0 Å². The second-order valence-electron chi connectivity index (χ2n) is 6.52. The maximum atomic E-state index is 12.5. The number of ketones is 1. The molecule has 0 fully saturated rings. The van der Waals surface area contributed by atoms with Crippen molar-refractivity contribution in [3.8, 4) is 0 Å². The van der Waals surface area contributed by atoms with E-state index < -0.39 is 10.8 Å². The predicted octanol–water partition coefficient (Wildman–Crippen LogP) is 5.32. The summed E-state index contributed by atoms with van der Waals surface area (Å²) in [4.78, 5) is 34.8. The highest BCUT2D eigenvalue weighted by atomic mass is 35.5. The van der Waals surface area contributed by atoms with Crippen molar-refractivity contribution in [1.29, 1.82) is 0 Å². The summed E-state index contributed by atoms with van der Waals surface area (Å²) in [5.74, 6) is -0.574. The predicted molar refractivity (Wildman–Crippen MR) is 116 cm³/mol. The normalized spacial score (nSPS) is 10.3. The number of rotatable bonds is 7.